The summed E-state index contributed by atoms with van der Waals surface area (Å²) in [4.78, 5) is 28.5. The van der Waals surface area contributed by atoms with Gasteiger partial charge in [0.2, 0.25) is 0 Å². The number of piperazine rings is 1. The van der Waals surface area contributed by atoms with Gasteiger partial charge in [0.15, 0.2) is 0 Å². The average Bonchev–Trinajstić information content (AvgIpc) is 2.88. The zero-order chi connectivity index (χ0) is 27.0. The lowest BCUT2D eigenvalue weighted by Crippen LogP contribution is -2.47. The molecule has 2 aromatic carbocycles. The van der Waals surface area contributed by atoms with Crippen LogP contribution in [0.5, 0.6) is 6.01 Å². The van der Waals surface area contributed by atoms with Crippen LogP contribution in [0.3, 0.4) is 0 Å². The SMILES string of the molecule is C=C1CN(c2ccc(C(=O)Nc3cc(F)c(N)c(C=NC)c3)c3nc(OC4CCC4O)ncc23)C[C@H](C)N1. The summed E-state index contributed by atoms with van der Waals surface area (Å²) in [7, 11) is 1.55. The Hall–Kier alpha value is -4.25. The normalized spacial score (nSPS) is 21.3. The van der Waals surface area contributed by atoms with Gasteiger partial charge in [-0.05, 0) is 44.0 Å². The first-order chi connectivity index (χ1) is 18.2. The van der Waals surface area contributed by atoms with Crippen molar-refractivity contribution in [1.82, 2.24) is 15.3 Å². The molecule has 10 nitrogen and oxygen atoms in total. The first-order valence-electron chi connectivity index (χ1n) is 12.4. The van der Waals surface area contributed by atoms with Gasteiger partial charge in [-0.3, -0.25) is 9.79 Å². The second kappa shape index (κ2) is 10.3. The number of anilines is 3. The van der Waals surface area contributed by atoms with Gasteiger partial charge in [-0.1, -0.05) is 6.58 Å². The number of carbonyl (C=O) groups is 1. The number of nitrogens with two attached hydrogens (primary N) is 1. The van der Waals surface area contributed by atoms with Crippen LogP contribution in [0.2, 0.25) is 0 Å². The van der Waals surface area contributed by atoms with Crippen LogP contribution < -0.4 is 26.0 Å². The van der Waals surface area contributed by atoms with Gasteiger partial charge in [-0.15, -0.1) is 0 Å². The molecule has 5 rings (SSSR count). The second-order valence-corrected chi connectivity index (χ2v) is 9.68. The van der Waals surface area contributed by atoms with Crippen molar-refractivity contribution in [3.05, 3.63) is 59.7 Å². The summed E-state index contributed by atoms with van der Waals surface area (Å²) >= 11 is 0. The maximum Gasteiger partial charge on any atom is 0.317 e. The molecule has 3 atom stereocenters. The summed E-state index contributed by atoms with van der Waals surface area (Å²) in [6, 6.07) is 6.49. The average molecular weight is 520 g/mol. The summed E-state index contributed by atoms with van der Waals surface area (Å²) in [5.41, 5.74) is 8.70. The molecule has 38 heavy (non-hydrogen) atoms. The van der Waals surface area contributed by atoms with E-state index in [0.717, 1.165) is 24.0 Å². The van der Waals surface area contributed by atoms with E-state index in [1.54, 1.807) is 25.4 Å². The predicted octanol–water partition coefficient (Wildman–Crippen LogP) is 2.87. The third kappa shape index (κ3) is 4.97. The van der Waals surface area contributed by atoms with E-state index in [1.165, 1.54) is 6.21 Å². The third-order valence-corrected chi connectivity index (χ3v) is 6.74. The van der Waals surface area contributed by atoms with Crippen molar-refractivity contribution in [1.29, 1.82) is 0 Å². The maximum atomic E-state index is 14.4. The van der Waals surface area contributed by atoms with E-state index in [4.69, 9.17) is 10.5 Å². The molecule has 2 aliphatic rings. The molecule has 2 fully saturated rings. The number of fused-ring (bicyclic) bond motifs is 1. The van der Waals surface area contributed by atoms with E-state index < -0.39 is 17.8 Å². The van der Waals surface area contributed by atoms with Gasteiger partial charge in [0.1, 0.15) is 11.9 Å². The molecule has 1 aliphatic heterocycles. The molecule has 198 valence electrons. The van der Waals surface area contributed by atoms with E-state index in [-0.39, 0.29) is 35.1 Å². The minimum absolute atomic E-state index is 0.0528. The zero-order valence-electron chi connectivity index (χ0n) is 21.2. The van der Waals surface area contributed by atoms with Crippen LogP contribution in [-0.2, 0) is 0 Å². The number of amides is 1. The minimum atomic E-state index is -0.664. The predicted molar refractivity (Wildman–Crippen MR) is 145 cm³/mol. The summed E-state index contributed by atoms with van der Waals surface area (Å²) in [5, 5.41) is 16.7. The number of aliphatic hydroxyl groups is 1. The van der Waals surface area contributed by atoms with Crippen LogP contribution in [-0.4, -0.2) is 65.6 Å². The Morgan fingerprint density at radius 1 is 1.39 bits per heavy atom. The lowest BCUT2D eigenvalue weighted by molar-refractivity contribution is -0.0404. The van der Waals surface area contributed by atoms with Crippen LogP contribution in [0.1, 0.15) is 35.7 Å². The number of aliphatic hydroxyl groups excluding tert-OH is 1. The van der Waals surface area contributed by atoms with Crippen molar-refractivity contribution in [3.8, 4) is 6.01 Å². The van der Waals surface area contributed by atoms with E-state index in [9.17, 15) is 14.3 Å². The van der Waals surface area contributed by atoms with Gasteiger partial charge in [0, 0.05) is 60.1 Å². The first kappa shape index (κ1) is 25.4. The zero-order valence-corrected chi connectivity index (χ0v) is 21.2. The van der Waals surface area contributed by atoms with Crippen LogP contribution >= 0.6 is 0 Å². The number of ether oxygens (including phenoxy) is 1. The third-order valence-electron chi connectivity index (χ3n) is 6.74. The lowest BCUT2D eigenvalue weighted by Gasteiger charge is -2.36. The monoisotopic (exact) mass is 519 g/mol. The Kier molecular flexibility index (Phi) is 6.85. The second-order valence-electron chi connectivity index (χ2n) is 9.68. The number of nitrogen functional groups attached to an aromatic ring is 1. The molecule has 3 aromatic rings. The summed E-state index contributed by atoms with van der Waals surface area (Å²) < 4.78 is 20.2. The number of benzene rings is 2. The highest BCUT2D eigenvalue weighted by molar-refractivity contribution is 6.14. The van der Waals surface area contributed by atoms with Gasteiger partial charge in [0.05, 0.1) is 29.4 Å². The fraction of sp³-hybridized carbons (Fsp3) is 0.333. The molecular formula is C27H30FN7O3. The van der Waals surface area contributed by atoms with Crippen molar-refractivity contribution >= 4 is 40.1 Å². The fourth-order valence-electron chi connectivity index (χ4n) is 4.73. The topological polar surface area (TPSA) is 138 Å². The van der Waals surface area contributed by atoms with E-state index in [0.29, 0.717) is 35.9 Å². The van der Waals surface area contributed by atoms with Gasteiger partial charge < -0.3 is 31.1 Å². The Labute approximate surface area is 219 Å². The van der Waals surface area contributed by atoms with Crippen molar-refractivity contribution < 1.29 is 19.0 Å². The molecule has 2 unspecified atom stereocenters. The number of carbonyl (C=O) groups excluding carboxylic acids is 1. The van der Waals surface area contributed by atoms with E-state index >= 15 is 0 Å². The highest BCUT2D eigenvalue weighted by atomic mass is 19.1. The Morgan fingerprint density at radius 3 is 2.89 bits per heavy atom. The fourth-order valence-corrected chi connectivity index (χ4v) is 4.73. The molecule has 2 heterocycles. The molecule has 1 saturated heterocycles. The van der Waals surface area contributed by atoms with Crippen LogP contribution in [0.4, 0.5) is 21.5 Å². The largest absolute Gasteiger partial charge is 0.457 e. The molecule has 1 aromatic heterocycles. The number of hydrogen-bond acceptors (Lipinski definition) is 9. The van der Waals surface area contributed by atoms with Crippen molar-refractivity contribution in [2.75, 3.05) is 36.1 Å². The Morgan fingerprint density at radius 2 is 2.21 bits per heavy atom. The quantitative estimate of drug-likeness (QED) is 0.288. The summed E-state index contributed by atoms with van der Waals surface area (Å²) in [5.74, 6) is -1.15. The Balaban J connectivity index is 1.54. The van der Waals surface area contributed by atoms with Gasteiger partial charge in [0.25, 0.3) is 5.91 Å². The molecule has 11 heteroatoms. The Bertz CT molecular complexity index is 1440. The standard InChI is InChI=1S/C27H30FN7O3/c1-14-12-35(13-15(2)32-14)21-5-4-18(25-19(21)11-31-27(34-25)38-23-7-6-22(23)36)26(37)33-17-8-16(10-30-3)24(29)20(28)9-17/h4-5,8-11,15,22-23,32,36H,1,6-7,12-13,29H2,2-3H3,(H,33,37)/t15-,22?,23?/m0/s1. The van der Waals surface area contributed by atoms with Crippen molar-refractivity contribution in [2.24, 2.45) is 4.99 Å². The van der Waals surface area contributed by atoms with Crippen molar-refractivity contribution in [3.63, 3.8) is 0 Å². The lowest BCUT2D eigenvalue weighted by atomic mass is 9.92. The van der Waals surface area contributed by atoms with Crippen molar-refractivity contribution in [2.45, 2.75) is 38.0 Å². The number of aliphatic imine (C=N–C) groups is 1. The van der Waals surface area contributed by atoms with E-state index in [2.05, 4.69) is 44.0 Å². The number of aromatic nitrogens is 2. The van der Waals surface area contributed by atoms with Gasteiger partial charge in [-0.25, -0.2) is 9.37 Å². The minimum Gasteiger partial charge on any atom is -0.457 e. The molecule has 0 radical (unpaired) electrons. The molecule has 0 spiro atoms. The highest BCUT2D eigenvalue weighted by Gasteiger charge is 2.32. The first-order valence-corrected chi connectivity index (χ1v) is 12.4. The van der Waals surface area contributed by atoms with Gasteiger partial charge in [-0.2, -0.15) is 4.98 Å². The van der Waals surface area contributed by atoms with Crippen LogP contribution in [0.15, 0.2) is 47.7 Å². The van der Waals surface area contributed by atoms with E-state index in [1.807, 2.05) is 6.07 Å². The van der Waals surface area contributed by atoms with Crippen LogP contribution in [0.25, 0.3) is 10.9 Å². The number of hydrogen-bond donors (Lipinski definition) is 4. The molecule has 0 bridgehead atoms. The molecular weight excluding hydrogens is 489 g/mol. The highest BCUT2D eigenvalue weighted by Crippen LogP contribution is 2.32. The van der Waals surface area contributed by atoms with Crippen LogP contribution in [0, 0.1) is 5.82 Å². The molecule has 1 saturated carbocycles. The number of nitrogens with one attached hydrogen (secondary N) is 2. The summed E-state index contributed by atoms with van der Waals surface area (Å²) in [6.07, 6.45) is 3.45. The molecule has 1 aliphatic carbocycles. The maximum absolute atomic E-state index is 14.4. The summed E-state index contributed by atoms with van der Waals surface area (Å²) in [6.45, 7) is 7.45. The number of halogens is 1. The molecule has 5 N–H and O–H groups in total. The molecule has 1 amide bonds. The van der Waals surface area contributed by atoms with Gasteiger partial charge >= 0.3 is 6.01 Å². The number of nitrogens with zero attached hydrogens (tertiary/aromatic N) is 4. The smallest absolute Gasteiger partial charge is 0.317 e. The number of rotatable bonds is 6.